The number of hydrogen-bond acceptors (Lipinski definition) is 4. The number of carbonyl (C=O) groups is 3. The molecule has 0 radical (unpaired) electrons. The average Bonchev–Trinajstić information content (AvgIpc) is 3.89. The predicted molar refractivity (Wildman–Crippen MR) is 165 cm³/mol. The SMILES string of the molecule is CC(C)c1ccccc1NC(=O)C1(N2C[C@@H](C(C)C)NC2=O)Cc2ccc(NC(=O)[C@@H](N)C(C3CC3)C3CC3)cc2C1. The van der Waals surface area contributed by atoms with E-state index in [1.165, 1.54) is 25.7 Å². The molecular weight excluding hydrogens is 526 g/mol. The second-order valence-corrected chi connectivity index (χ2v) is 13.7. The van der Waals surface area contributed by atoms with Crippen molar-refractivity contribution in [2.24, 2.45) is 29.4 Å². The molecule has 2 aromatic rings. The monoisotopic (exact) mass is 571 g/mol. The van der Waals surface area contributed by atoms with Gasteiger partial charge in [0.05, 0.1) is 12.1 Å². The predicted octanol–water partition coefficient (Wildman–Crippen LogP) is 5.04. The lowest BCUT2D eigenvalue weighted by molar-refractivity contribution is -0.125. The molecule has 224 valence electrons. The van der Waals surface area contributed by atoms with Gasteiger partial charge in [0.2, 0.25) is 5.91 Å². The molecule has 6 rings (SSSR count). The van der Waals surface area contributed by atoms with Crippen LogP contribution in [0.25, 0.3) is 0 Å². The Morgan fingerprint density at radius 1 is 0.952 bits per heavy atom. The van der Waals surface area contributed by atoms with Crippen LogP contribution in [0.5, 0.6) is 0 Å². The molecule has 0 spiro atoms. The van der Waals surface area contributed by atoms with E-state index < -0.39 is 11.6 Å². The summed E-state index contributed by atoms with van der Waals surface area (Å²) in [6, 6.07) is 13.0. The Hall–Kier alpha value is -3.39. The summed E-state index contributed by atoms with van der Waals surface area (Å²) in [6.07, 6.45) is 5.49. The molecule has 2 aromatic carbocycles. The van der Waals surface area contributed by atoms with Crippen molar-refractivity contribution in [2.75, 3.05) is 17.2 Å². The minimum absolute atomic E-state index is 0.0314. The fraction of sp³-hybridized carbons (Fsp3) is 0.559. The zero-order chi connectivity index (χ0) is 29.8. The number of nitrogens with two attached hydrogens (primary N) is 1. The van der Waals surface area contributed by atoms with Gasteiger partial charge in [0.15, 0.2) is 0 Å². The van der Waals surface area contributed by atoms with Gasteiger partial charge in [0.25, 0.3) is 5.91 Å². The van der Waals surface area contributed by atoms with E-state index in [1.807, 2.05) is 42.5 Å². The van der Waals surface area contributed by atoms with E-state index in [9.17, 15) is 14.4 Å². The zero-order valence-corrected chi connectivity index (χ0v) is 25.3. The van der Waals surface area contributed by atoms with Crippen LogP contribution in [0.15, 0.2) is 42.5 Å². The third kappa shape index (κ3) is 5.41. The van der Waals surface area contributed by atoms with Crippen LogP contribution in [0.4, 0.5) is 16.2 Å². The second kappa shape index (κ2) is 11.0. The van der Waals surface area contributed by atoms with E-state index in [4.69, 9.17) is 5.73 Å². The highest BCUT2D eigenvalue weighted by molar-refractivity contribution is 6.02. The first-order valence-electron chi connectivity index (χ1n) is 15.7. The van der Waals surface area contributed by atoms with Crippen molar-refractivity contribution >= 4 is 29.2 Å². The number of nitrogens with zero attached hydrogens (tertiary/aromatic N) is 1. The van der Waals surface area contributed by atoms with E-state index >= 15 is 0 Å². The maximum Gasteiger partial charge on any atom is 0.318 e. The molecule has 4 amide bonds. The summed E-state index contributed by atoms with van der Waals surface area (Å²) in [5.74, 6) is 1.59. The normalized spacial score (nSPS) is 24.2. The topological polar surface area (TPSA) is 117 Å². The molecule has 8 heteroatoms. The van der Waals surface area contributed by atoms with Crippen LogP contribution in [0.2, 0.25) is 0 Å². The van der Waals surface area contributed by atoms with Crippen LogP contribution < -0.4 is 21.7 Å². The molecule has 42 heavy (non-hydrogen) atoms. The standard InChI is InChI=1S/C34H45N5O3/c1-19(2)26-7-5-6-8-27(26)37-32(41)34(39-18-28(20(3)4)38-33(39)42)16-23-13-14-25(15-24(23)17-34)36-31(40)30(35)29(21-9-10-21)22-11-12-22/h5-8,13-15,19-22,28-30H,9-12,16-18,35H2,1-4H3,(H,36,40)(H,37,41)(H,38,42)/t28-,30-,34?/m0/s1. The summed E-state index contributed by atoms with van der Waals surface area (Å²) < 4.78 is 0. The van der Waals surface area contributed by atoms with Crippen LogP contribution in [0.1, 0.15) is 76.0 Å². The molecule has 0 bridgehead atoms. The minimum Gasteiger partial charge on any atom is -0.333 e. The van der Waals surface area contributed by atoms with Gasteiger partial charge >= 0.3 is 6.03 Å². The van der Waals surface area contributed by atoms with Crippen LogP contribution in [-0.2, 0) is 22.4 Å². The molecule has 1 aliphatic heterocycles. The Morgan fingerprint density at radius 2 is 1.62 bits per heavy atom. The summed E-state index contributed by atoms with van der Waals surface area (Å²) in [6.45, 7) is 8.84. The smallest absolute Gasteiger partial charge is 0.318 e. The second-order valence-electron chi connectivity index (χ2n) is 13.7. The fourth-order valence-electron chi connectivity index (χ4n) is 7.20. The van der Waals surface area contributed by atoms with Gasteiger partial charge in [-0.15, -0.1) is 0 Å². The van der Waals surface area contributed by atoms with E-state index in [1.54, 1.807) is 4.90 Å². The van der Waals surface area contributed by atoms with Crippen molar-refractivity contribution in [3.8, 4) is 0 Å². The first-order chi connectivity index (χ1) is 20.1. The molecule has 1 saturated heterocycles. The average molecular weight is 572 g/mol. The van der Waals surface area contributed by atoms with Gasteiger partial charge in [-0.2, -0.15) is 0 Å². The van der Waals surface area contributed by atoms with Crippen molar-refractivity contribution in [3.63, 3.8) is 0 Å². The Kier molecular flexibility index (Phi) is 7.54. The van der Waals surface area contributed by atoms with Crippen LogP contribution in [0.3, 0.4) is 0 Å². The number of fused-ring (bicyclic) bond motifs is 1. The molecule has 2 saturated carbocycles. The van der Waals surface area contributed by atoms with E-state index in [-0.39, 0.29) is 41.6 Å². The van der Waals surface area contributed by atoms with Gasteiger partial charge in [0.1, 0.15) is 5.54 Å². The highest BCUT2D eigenvalue weighted by atomic mass is 16.2. The van der Waals surface area contributed by atoms with Gasteiger partial charge in [-0.1, -0.05) is 52.0 Å². The Bertz CT molecular complexity index is 1370. The molecule has 1 heterocycles. The maximum absolute atomic E-state index is 14.3. The van der Waals surface area contributed by atoms with E-state index in [2.05, 4.69) is 43.6 Å². The number of hydrogen-bond donors (Lipinski definition) is 4. The summed E-state index contributed by atoms with van der Waals surface area (Å²) in [4.78, 5) is 42.7. The molecule has 3 aliphatic carbocycles. The summed E-state index contributed by atoms with van der Waals surface area (Å²) >= 11 is 0. The van der Waals surface area contributed by atoms with Crippen molar-refractivity contribution in [3.05, 3.63) is 59.2 Å². The number of amides is 4. The third-order valence-electron chi connectivity index (χ3n) is 10.00. The molecule has 5 N–H and O–H groups in total. The van der Waals surface area contributed by atoms with Gasteiger partial charge in [-0.25, -0.2) is 4.79 Å². The number of benzene rings is 2. The lowest BCUT2D eigenvalue weighted by Gasteiger charge is -2.37. The first-order valence-corrected chi connectivity index (χ1v) is 15.7. The highest BCUT2D eigenvalue weighted by Gasteiger charge is 2.54. The number of rotatable bonds is 10. The third-order valence-corrected chi connectivity index (χ3v) is 10.00. The number of anilines is 2. The number of carbonyl (C=O) groups excluding carboxylic acids is 3. The van der Waals surface area contributed by atoms with Crippen LogP contribution in [-0.4, -0.2) is 46.9 Å². The van der Waals surface area contributed by atoms with E-state index in [0.29, 0.717) is 36.9 Å². The lowest BCUT2D eigenvalue weighted by Crippen LogP contribution is -2.59. The van der Waals surface area contributed by atoms with Crippen molar-refractivity contribution in [1.29, 1.82) is 0 Å². The number of urea groups is 1. The van der Waals surface area contributed by atoms with Gasteiger partial charge in [0, 0.05) is 30.8 Å². The van der Waals surface area contributed by atoms with Crippen molar-refractivity contribution < 1.29 is 14.4 Å². The fourth-order valence-corrected chi connectivity index (χ4v) is 7.20. The zero-order valence-electron chi connectivity index (χ0n) is 25.3. The Balaban J connectivity index is 1.26. The highest BCUT2D eigenvalue weighted by Crippen LogP contribution is 2.50. The molecule has 0 aromatic heterocycles. The molecule has 3 fully saturated rings. The number of nitrogens with one attached hydrogen (secondary N) is 3. The van der Waals surface area contributed by atoms with Crippen LogP contribution >= 0.6 is 0 Å². The van der Waals surface area contributed by atoms with Crippen molar-refractivity contribution in [2.45, 2.75) is 89.8 Å². The summed E-state index contributed by atoms with van der Waals surface area (Å²) in [5.41, 5.74) is 9.93. The minimum atomic E-state index is -1.08. The molecular formula is C34H45N5O3. The van der Waals surface area contributed by atoms with E-state index in [0.717, 1.165) is 22.4 Å². The van der Waals surface area contributed by atoms with Gasteiger partial charge in [-0.05, 0) is 90.2 Å². The first kappa shape index (κ1) is 28.7. The number of para-hydroxylation sites is 1. The van der Waals surface area contributed by atoms with Gasteiger partial charge in [-0.3, -0.25) is 9.59 Å². The lowest BCUT2D eigenvalue weighted by atomic mass is 9.89. The quantitative estimate of drug-likeness (QED) is 0.320. The molecule has 3 atom stereocenters. The Morgan fingerprint density at radius 3 is 2.24 bits per heavy atom. The summed E-state index contributed by atoms with van der Waals surface area (Å²) in [5, 5.41) is 9.39. The van der Waals surface area contributed by atoms with Crippen LogP contribution in [0, 0.1) is 23.7 Å². The van der Waals surface area contributed by atoms with Gasteiger partial charge < -0.3 is 26.6 Å². The molecule has 1 unspecified atom stereocenters. The summed E-state index contributed by atoms with van der Waals surface area (Å²) in [7, 11) is 0. The van der Waals surface area contributed by atoms with Crippen molar-refractivity contribution in [1.82, 2.24) is 10.2 Å². The molecule has 8 nitrogen and oxygen atoms in total. The Labute approximate surface area is 249 Å². The maximum atomic E-state index is 14.3. The largest absolute Gasteiger partial charge is 0.333 e. The molecule has 4 aliphatic rings.